The lowest BCUT2D eigenvalue weighted by Crippen LogP contribution is -2.56. The van der Waals surface area contributed by atoms with E-state index in [1.165, 1.54) is 11.0 Å². The minimum Gasteiger partial charge on any atom is -0.390 e. The molecule has 0 radical (unpaired) electrons. The molecule has 0 bridgehead atoms. The first kappa shape index (κ1) is 28.5. The summed E-state index contributed by atoms with van der Waals surface area (Å²) in [6.07, 6.45) is 1.80. The Morgan fingerprint density at radius 3 is 2.50 bits per heavy atom. The molecule has 1 aromatic carbocycles. The van der Waals surface area contributed by atoms with Crippen molar-refractivity contribution in [1.82, 2.24) is 14.9 Å². The van der Waals surface area contributed by atoms with E-state index in [1.54, 1.807) is 43.0 Å². The van der Waals surface area contributed by atoms with Crippen LogP contribution in [0.25, 0.3) is 0 Å². The minimum atomic E-state index is -4.23. The topological polar surface area (TPSA) is 136 Å². The second kappa shape index (κ2) is 11.3. The van der Waals surface area contributed by atoms with Gasteiger partial charge in [-0.05, 0) is 62.9 Å². The van der Waals surface area contributed by atoms with Gasteiger partial charge in [0, 0.05) is 38.3 Å². The zero-order chi connectivity index (χ0) is 27.7. The lowest BCUT2D eigenvalue weighted by atomic mass is 9.93. The van der Waals surface area contributed by atoms with Crippen LogP contribution in [0.3, 0.4) is 0 Å². The highest BCUT2D eigenvalue weighted by molar-refractivity contribution is 7.89. The predicted octanol–water partition coefficient (Wildman–Crippen LogP) is 2.29. The molecule has 2 aliphatic rings. The molecule has 2 aromatic rings. The summed E-state index contributed by atoms with van der Waals surface area (Å²) in [6.45, 7) is 4.05. The summed E-state index contributed by atoms with van der Waals surface area (Å²) >= 11 is 6.99. The van der Waals surface area contributed by atoms with Gasteiger partial charge in [0.2, 0.25) is 21.8 Å². The largest absolute Gasteiger partial charge is 0.390 e. The van der Waals surface area contributed by atoms with E-state index in [0.29, 0.717) is 52.7 Å². The van der Waals surface area contributed by atoms with Crippen LogP contribution in [-0.4, -0.2) is 74.0 Å². The predicted molar refractivity (Wildman–Crippen MR) is 145 cm³/mol. The molecule has 10 nitrogen and oxygen atoms in total. The quantitative estimate of drug-likeness (QED) is 0.437. The van der Waals surface area contributed by atoms with Crippen LogP contribution in [-0.2, 0) is 19.6 Å². The van der Waals surface area contributed by atoms with E-state index in [9.17, 15) is 27.9 Å². The second-order valence-electron chi connectivity index (χ2n) is 9.86. The Bertz CT molecular complexity index is 1330. The van der Waals surface area contributed by atoms with E-state index in [0.717, 1.165) is 11.3 Å². The first-order valence-electron chi connectivity index (χ1n) is 12.3. The number of hydrogen-bond acceptors (Lipinski definition) is 7. The third-order valence-electron chi connectivity index (χ3n) is 6.92. The van der Waals surface area contributed by atoms with Crippen molar-refractivity contribution in [3.63, 3.8) is 0 Å². The van der Waals surface area contributed by atoms with Crippen molar-refractivity contribution in [2.45, 2.75) is 56.1 Å². The average Bonchev–Trinajstić information content (AvgIpc) is 3.49. The van der Waals surface area contributed by atoms with Gasteiger partial charge < -0.3 is 20.2 Å². The molecular weight excluding hydrogens is 552 g/mol. The highest BCUT2D eigenvalue weighted by atomic mass is 35.5. The van der Waals surface area contributed by atoms with Crippen LogP contribution in [0, 0.1) is 6.92 Å². The second-order valence-corrected chi connectivity index (χ2v) is 13.3. The SMILES string of the molecule is Cc1c(N2CCCC2=O)cccc1S(=O)(=O)N[C@@H](CNC(=O)c1ccc(Cl)s1)C(=O)N1CCC(C)(O)CC1. The number of carbonyl (C=O) groups is 3. The standard InChI is InChI=1S/C25H31ClN4O6S2/c1-16-18(30-12-4-7-22(30)31)5-3-6-20(16)38(35,36)28-17(15-27-23(32)19-8-9-21(26)37-19)24(33)29-13-10-25(2,34)11-14-29/h3,5-6,8-9,17,28,34H,4,7,10-15H2,1-2H3,(H,27,32)/t17-/m0/s1. The molecule has 3 N–H and O–H groups in total. The molecule has 2 saturated heterocycles. The minimum absolute atomic E-state index is 0.0505. The Morgan fingerprint density at radius 2 is 1.89 bits per heavy atom. The smallest absolute Gasteiger partial charge is 0.261 e. The van der Waals surface area contributed by atoms with Crippen LogP contribution in [0.2, 0.25) is 4.34 Å². The van der Waals surface area contributed by atoms with E-state index in [2.05, 4.69) is 10.0 Å². The van der Waals surface area contributed by atoms with Crippen molar-refractivity contribution < 1.29 is 27.9 Å². The fraction of sp³-hybridized carbons (Fsp3) is 0.480. The van der Waals surface area contributed by atoms with Crippen molar-refractivity contribution in [1.29, 1.82) is 0 Å². The van der Waals surface area contributed by atoms with Crippen molar-refractivity contribution in [2.75, 3.05) is 31.1 Å². The third-order valence-corrected chi connectivity index (χ3v) is 9.77. The number of anilines is 1. The molecule has 2 aliphatic heterocycles. The van der Waals surface area contributed by atoms with Crippen LogP contribution in [0.1, 0.15) is 47.8 Å². The third kappa shape index (κ3) is 6.37. The summed E-state index contributed by atoms with van der Waals surface area (Å²) in [5.74, 6) is -1.05. The Balaban J connectivity index is 1.58. The fourth-order valence-corrected chi connectivity index (χ4v) is 7.08. The molecule has 2 fully saturated rings. The number of aliphatic hydroxyl groups is 1. The number of benzene rings is 1. The van der Waals surface area contributed by atoms with Gasteiger partial charge in [0.15, 0.2) is 0 Å². The number of likely N-dealkylation sites (tertiary alicyclic amines) is 1. The van der Waals surface area contributed by atoms with Gasteiger partial charge in [0.25, 0.3) is 5.91 Å². The highest BCUT2D eigenvalue weighted by Gasteiger charge is 2.35. The van der Waals surface area contributed by atoms with E-state index < -0.39 is 33.5 Å². The molecule has 0 aliphatic carbocycles. The Labute approximate surface area is 231 Å². The number of nitrogens with zero attached hydrogens (tertiary/aromatic N) is 2. The van der Waals surface area contributed by atoms with Crippen LogP contribution in [0.5, 0.6) is 0 Å². The zero-order valence-electron chi connectivity index (χ0n) is 21.2. The van der Waals surface area contributed by atoms with Crippen molar-refractivity contribution in [2.24, 2.45) is 0 Å². The maximum absolute atomic E-state index is 13.6. The Kier molecular flexibility index (Phi) is 8.48. The number of hydrogen-bond donors (Lipinski definition) is 3. The molecule has 0 unspecified atom stereocenters. The fourth-order valence-electron chi connectivity index (χ4n) is 4.67. The van der Waals surface area contributed by atoms with Crippen LogP contribution in [0.4, 0.5) is 5.69 Å². The van der Waals surface area contributed by atoms with Gasteiger partial charge in [0.05, 0.1) is 19.7 Å². The number of piperidine rings is 1. The molecule has 38 heavy (non-hydrogen) atoms. The van der Waals surface area contributed by atoms with E-state index in [4.69, 9.17) is 11.6 Å². The molecule has 206 valence electrons. The van der Waals surface area contributed by atoms with Gasteiger partial charge in [-0.25, -0.2) is 8.42 Å². The number of halogens is 1. The lowest BCUT2D eigenvalue weighted by Gasteiger charge is -2.37. The summed E-state index contributed by atoms with van der Waals surface area (Å²) in [4.78, 5) is 41.7. The zero-order valence-corrected chi connectivity index (χ0v) is 23.6. The van der Waals surface area contributed by atoms with E-state index >= 15 is 0 Å². The van der Waals surface area contributed by atoms with Crippen LogP contribution in [0.15, 0.2) is 35.2 Å². The average molecular weight is 583 g/mol. The normalized spacial score (nSPS) is 18.5. The molecule has 13 heteroatoms. The van der Waals surface area contributed by atoms with E-state index in [-0.39, 0.29) is 30.4 Å². The maximum Gasteiger partial charge on any atom is 0.261 e. The van der Waals surface area contributed by atoms with Gasteiger partial charge in [-0.1, -0.05) is 17.7 Å². The van der Waals surface area contributed by atoms with Gasteiger partial charge in [-0.2, -0.15) is 4.72 Å². The first-order valence-corrected chi connectivity index (χ1v) is 15.0. The first-order chi connectivity index (χ1) is 17.9. The maximum atomic E-state index is 13.6. The van der Waals surface area contributed by atoms with Gasteiger partial charge in [-0.15, -0.1) is 11.3 Å². The van der Waals surface area contributed by atoms with Crippen molar-refractivity contribution in [3.8, 4) is 0 Å². The highest BCUT2D eigenvalue weighted by Crippen LogP contribution is 2.30. The molecular formula is C25H31ClN4O6S2. The summed E-state index contributed by atoms with van der Waals surface area (Å²) in [7, 11) is -4.23. The number of amides is 3. The molecule has 4 rings (SSSR count). The van der Waals surface area contributed by atoms with E-state index in [1.807, 2.05) is 0 Å². The van der Waals surface area contributed by atoms with Crippen molar-refractivity contribution in [3.05, 3.63) is 45.1 Å². The molecule has 3 heterocycles. The number of carbonyl (C=O) groups excluding carboxylic acids is 3. The summed E-state index contributed by atoms with van der Waals surface area (Å²) in [5.41, 5.74) is 0.00957. The lowest BCUT2D eigenvalue weighted by molar-refractivity contribution is -0.136. The van der Waals surface area contributed by atoms with Gasteiger partial charge in [-0.3, -0.25) is 14.4 Å². The Morgan fingerprint density at radius 1 is 1.18 bits per heavy atom. The number of sulfonamides is 1. The van der Waals surface area contributed by atoms with Crippen LogP contribution >= 0.6 is 22.9 Å². The van der Waals surface area contributed by atoms with Gasteiger partial charge in [0.1, 0.15) is 6.04 Å². The molecule has 1 atom stereocenters. The number of thiophene rings is 1. The number of nitrogens with one attached hydrogen (secondary N) is 2. The Hall–Kier alpha value is -2.51. The monoisotopic (exact) mass is 582 g/mol. The summed E-state index contributed by atoms with van der Waals surface area (Å²) in [6, 6.07) is 6.52. The molecule has 0 saturated carbocycles. The van der Waals surface area contributed by atoms with Gasteiger partial charge >= 0.3 is 0 Å². The summed E-state index contributed by atoms with van der Waals surface area (Å²) in [5, 5.41) is 12.9. The number of rotatable bonds is 8. The molecule has 0 spiro atoms. The molecule has 3 amide bonds. The van der Waals surface area contributed by atoms with Crippen molar-refractivity contribution >= 4 is 56.4 Å². The molecule has 1 aromatic heterocycles. The summed E-state index contributed by atoms with van der Waals surface area (Å²) < 4.78 is 30.0. The van der Waals surface area contributed by atoms with Crippen LogP contribution < -0.4 is 14.9 Å².